The van der Waals surface area contributed by atoms with E-state index in [2.05, 4.69) is 10.6 Å². The summed E-state index contributed by atoms with van der Waals surface area (Å²) < 4.78 is 0. The van der Waals surface area contributed by atoms with Gasteiger partial charge >= 0.3 is 6.03 Å². The number of hydrogen-bond acceptors (Lipinski definition) is 3. The summed E-state index contributed by atoms with van der Waals surface area (Å²) in [5.74, 6) is 0.409. The number of nitrogens with two attached hydrogens (primary N) is 2. The zero-order chi connectivity index (χ0) is 17.8. The molecule has 1 aliphatic carbocycles. The zero-order valence-corrected chi connectivity index (χ0v) is 13.9. The highest BCUT2D eigenvalue weighted by atomic mass is 16.2. The van der Waals surface area contributed by atoms with Gasteiger partial charge in [0.25, 0.3) is 5.91 Å². The van der Waals surface area contributed by atoms with Crippen LogP contribution in [0, 0.1) is 5.92 Å². The number of carbonyl (C=O) groups is 2. The minimum absolute atomic E-state index is 0.119. The number of rotatable bonds is 6. The molecule has 3 rings (SSSR count). The second kappa shape index (κ2) is 7.25. The first kappa shape index (κ1) is 16.8. The lowest BCUT2D eigenvalue weighted by Gasteiger charge is -2.18. The fraction of sp³-hybridized carbons (Fsp3) is 0.263. The Hall–Kier alpha value is -3.02. The molecule has 6 N–H and O–H groups in total. The molecule has 1 atom stereocenters. The number of urea groups is 1. The van der Waals surface area contributed by atoms with Crippen LogP contribution < -0.4 is 22.1 Å². The van der Waals surface area contributed by atoms with Crippen molar-refractivity contribution in [2.45, 2.75) is 25.3 Å². The van der Waals surface area contributed by atoms with Gasteiger partial charge in [-0.05, 0) is 42.2 Å². The van der Waals surface area contributed by atoms with Gasteiger partial charge in [-0.25, -0.2) is 4.79 Å². The summed E-state index contributed by atoms with van der Waals surface area (Å²) in [7, 11) is 0. The molecule has 1 unspecified atom stereocenters. The molecule has 3 amide bonds. The van der Waals surface area contributed by atoms with Gasteiger partial charge in [-0.2, -0.15) is 0 Å². The summed E-state index contributed by atoms with van der Waals surface area (Å²) in [5, 5.41) is 5.58. The molecule has 2 aromatic rings. The molecule has 1 saturated carbocycles. The summed E-state index contributed by atoms with van der Waals surface area (Å²) in [6.07, 6.45) is 3.25. The van der Waals surface area contributed by atoms with Crippen molar-refractivity contribution < 1.29 is 9.59 Å². The Balaban J connectivity index is 1.70. The van der Waals surface area contributed by atoms with E-state index in [0.717, 1.165) is 12.0 Å². The third kappa shape index (κ3) is 4.50. The van der Waals surface area contributed by atoms with E-state index in [-0.39, 0.29) is 11.9 Å². The van der Waals surface area contributed by atoms with Crippen LogP contribution in [0.15, 0.2) is 48.5 Å². The van der Waals surface area contributed by atoms with Crippen LogP contribution in [0.3, 0.4) is 0 Å². The third-order valence-corrected chi connectivity index (χ3v) is 4.37. The Morgan fingerprint density at radius 1 is 1.08 bits per heavy atom. The number of para-hydroxylation sites is 2. The van der Waals surface area contributed by atoms with Crippen LogP contribution >= 0.6 is 0 Å². The van der Waals surface area contributed by atoms with Gasteiger partial charge in [0.2, 0.25) is 0 Å². The molecule has 0 spiro atoms. The van der Waals surface area contributed by atoms with E-state index in [0.29, 0.717) is 22.9 Å². The molecule has 130 valence electrons. The Kier molecular flexibility index (Phi) is 4.88. The van der Waals surface area contributed by atoms with Crippen LogP contribution in [0.4, 0.5) is 16.2 Å². The van der Waals surface area contributed by atoms with Crippen molar-refractivity contribution in [3.05, 3.63) is 59.7 Å². The highest BCUT2D eigenvalue weighted by molar-refractivity contribution is 6.05. The average Bonchev–Trinajstić information content (AvgIpc) is 3.40. The molecule has 0 radical (unpaired) electrons. The van der Waals surface area contributed by atoms with E-state index in [9.17, 15) is 9.59 Å². The molecule has 6 nitrogen and oxygen atoms in total. The number of hydrogen-bond donors (Lipinski definition) is 4. The van der Waals surface area contributed by atoms with Gasteiger partial charge in [-0.1, -0.05) is 37.1 Å². The Labute approximate surface area is 146 Å². The topological polar surface area (TPSA) is 110 Å². The second-order valence-electron chi connectivity index (χ2n) is 6.40. The maximum Gasteiger partial charge on any atom is 0.312 e. The highest BCUT2D eigenvalue weighted by Gasteiger charge is 2.27. The van der Waals surface area contributed by atoms with Crippen molar-refractivity contribution in [1.29, 1.82) is 0 Å². The van der Waals surface area contributed by atoms with Crippen LogP contribution in [0.5, 0.6) is 0 Å². The van der Waals surface area contributed by atoms with E-state index in [4.69, 9.17) is 11.5 Å². The van der Waals surface area contributed by atoms with Crippen molar-refractivity contribution in [3.63, 3.8) is 0 Å². The van der Waals surface area contributed by atoms with E-state index in [1.54, 1.807) is 24.3 Å². The normalized spacial score (nSPS) is 14.6. The highest BCUT2D eigenvalue weighted by Crippen LogP contribution is 2.37. The number of anilines is 2. The minimum atomic E-state index is -0.535. The summed E-state index contributed by atoms with van der Waals surface area (Å²) in [6.45, 7) is 0. The van der Waals surface area contributed by atoms with Gasteiger partial charge in [0, 0.05) is 5.56 Å². The van der Waals surface area contributed by atoms with Crippen LogP contribution in [-0.4, -0.2) is 11.9 Å². The number of nitrogen functional groups attached to an aromatic ring is 1. The minimum Gasteiger partial charge on any atom is -0.397 e. The van der Waals surface area contributed by atoms with Gasteiger partial charge in [0.15, 0.2) is 0 Å². The molecular formula is C19H22N4O2. The van der Waals surface area contributed by atoms with E-state index < -0.39 is 6.03 Å². The van der Waals surface area contributed by atoms with Crippen LogP contribution in [0.1, 0.15) is 41.2 Å². The fourth-order valence-corrected chi connectivity index (χ4v) is 2.81. The second-order valence-corrected chi connectivity index (χ2v) is 6.40. The smallest absolute Gasteiger partial charge is 0.312 e. The van der Waals surface area contributed by atoms with Crippen molar-refractivity contribution in [2.24, 2.45) is 11.7 Å². The molecule has 2 aromatic carbocycles. The summed E-state index contributed by atoms with van der Waals surface area (Å²) in [4.78, 5) is 23.6. The predicted molar refractivity (Wildman–Crippen MR) is 98.1 cm³/mol. The molecule has 1 fully saturated rings. The first-order valence-corrected chi connectivity index (χ1v) is 8.34. The van der Waals surface area contributed by atoms with Crippen LogP contribution in [0.2, 0.25) is 0 Å². The summed E-state index contributed by atoms with van der Waals surface area (Å²) in [5.41, 5.74) is 13.7. The SMILES string of the molecule is NC(=O)NC(CC1CC1)c1ccc(C(=O)Nc2ccccc2N)cc1. The first-order valence-electron chi connectivity index (χ1n) is 8.34. The number of benzene rings is 2. The number of primary amides is 1. The number of carbonyl (C=O) groups excluding carboxylic acids is 2. The fourth-order valence-electron chi connectivity index (χ4n) is 2.81. The number of amides is 3. The molecule has 25 heavy (non-hydrogen) atoms. The zero-order valence-electron chi connectivity index (χ0n) is 13.9. The van der Waals surface area contributed by atoms with E-state index >= 15 is 0 Å². The van der Waals surface area contributed by atoms with Gasteiger partial charge in [0.1, 0.15) is 0 Å². The average molecular weight is 338 g/mol. The molecule has 0 aliphatic heterocycles. The van der Waals surface area contributed by atoms with Crippen LogP contribution in [0.25, 0.3) is 0 Å². The van der Waals surface area contributed by atoms with E-state index in [1.165, 1.54) is 12.8 Å². The third-order valence-electron chi connectivity index (χ3n) is 4.37. The monoisotopic (exact) mass is 338 g/mol. The van der Waals surface area contributed by atoms with Crippen molar-refractivity contribution in [1.82, 2.24) is 5.32 Å². The lowest BCUT2D eigenvalue weighted by atomic mass is 9.99. The Bertz CT molecular complexity index is 769. The Morgan fingerprint density at radius 2 is 1.76 bits per heavy atom. The molecule has 0 heterocycles. The number of nitrogens with one attached hydrogen (secondary N) is 2. The Morgan fingerprint density at radius 3 is 2.36 bits per heavy atom. The maximum atomic E-state index is 12.4. The largest absolute Gasteiger partial charge is 0.397 e. The molecular weight excluding hydrogens is 316 g/mol. The molecule has 6 heteroatoms. The molecule has 0 saturated heterocycles. The van der Waals surface area contributed by atoms with E-state index in [1.807, 2.05) is 24.3 Å². The molecule has 1 aliphatic rings. The van der Waals surface area contributed by atoms with Crippen molar-refractivity contribution in [2.75, 3.05) is 11.1 Å². The summed E-state index contributed by atoms with van der Waals surface area (Å²) >= 11 is 0. The molecule has 0 aromatic heterocycles. The summed E-state index contributed by atoms with van der Waals surface area (Å²) in [6, 6.07) is 13.6. The first-order chi connectivity index (χ1) is 12.0. The van der Waals surface area contributed by atoms with Gasteiger partial charge in [0.05, 0.1) is 17.4 Å². The van der Waals surface area contributed by atoms with Gasteiger partial charge < -0.3 is 22.1 Å². The predicted octanol–water partition coefficient (Wildman–Crippen LogP) is 3.03. The van der Waals surface area contributed by atoms with Gasteiger partial charge in [-0.3, -0.25) is 4.79 Å². The lowest BCUT2D eigenvalue weighted by molar-refractivity contribution is 0.102. The van der Waals surface area contributed by atoms with Crippen molar-refractivity contribution >= 4 is 23.3 Å². The van der Waals surface area contributed by atoms with Crippen LogP contribution in [-0.2, 0) is 0 Å². The quantitative estimate of drug-likeness (QED) is 0.608. The van der Waals surface area contributed by atoms with Crippen molar-refractivity contribution in [3.8, 4) is 0 Å². The van der Waals surface area contributed by atoms with Gasteiger partial charge in [-0.15, -0.1) is 0 Å². The lowest BCUT2D eigenvalue weighted by Crippen LogP contribution is -2.33. The molecule has 0 bridgehead atoms. The maximum absolute atomic E-state index is 12.4. The standard InChI is InChI=1S/C19H22N4O2/c20-15-3-1-2-4-16(15)22-18(24)14-9-7-13(8-10-14)17(23-19(21)25)11-12-5-6-12/h1-4,7-10,12,17H,5-6,11,20H2,(H,22,24)(H3,21,23,25).